The van der Waals surface area contributed by atoms with Crippen LogP contribution in [0.3, 0.4) is 0 Å². The summed E-state index contributed by atoms with van der Waals surface area (Å²) in [5.74, 6) is 0. The van der Waals surface area contributed by atoms with Gasteiger partial charge in [-0.2, -0.15) is 0 Å². The van der Waals surface area contributed by atoms with Gasteiger partial charge in [-0.3, -0.25) is 0 Å². The highest BCUT2D eigenvalue weighted by molar-refractivity contribution is 4.98. The first-order valence-electron chi connectivity index (χ1n) is 5.17. The van der Waals surface area contributed by atoms with E-state index in [4.69, 9.17) is 15.6 Å². The molecule has 1 aliphatic heterocycles. The van der Waals surface area contributed by atoms with Crippen LogP contribution in [0.5, 0.6) is 0 Å². The van der Waals surface area contributed by atoms with E-state index in [2.05, 4.69) is 0 Å². The van der Waals surface area contributed by atoms with Crippen molar-refractivity contribution >= 4 is 0 Å². The lowest BCUT2D eigenvalue weighted by Gasteiger charge is -2.46. The number of hydrogen-bond donors (Lipinski definition) is 4. The molecule has 0 unspecified atom stereocenters. The van der Waals surface area contributed by atoms with Crippen molar-refractivity contribution in [2.75, 3.05) is 6.61 Å². The molecule has 1 heterocycles. The van der Waals surface area contributed by atoms with Gasteiger partial charge in [0, 0.05) is 0 Å². The predicted molar refractivity (Wildman–Crippen MR) is 55.2 cm³/mol. The summed E-state index contributed by atoms with van der Waals surface area (Å²) >= 11 is 0. The molecule has 0 aromatic rings. The number of aliphatic hydroxyl groups is 3. The molecule has 1 fully saturated rings. The summed E-state index contributed by atoms with van der Waals surface area (Å²) in [5.41, 5.74) is 5.56. The van der Waals surface area contributed by atoms with Crippen molar-refractivity contribution in [1.29, 1.82) is 0 Å². The Labute approximate surface area is 89.9 Å². The van der Waals surface area contributed by atoms with Crippen LogP contribution in [0.1, 0.15) is 20.8 Å². The molecule has 5 N–H and O–H groups in total. The molecule has 1 rings (SSSR count). The molecule has 0 saturated carbocycles. The summed E-state index contributed by atoms with van der Waals surface area (Å²) in [6, 6.07) is -0.636. The standard InChI is InChI=1S/C10H21NO4/c1-10(2,3)9-6(11)8(14)7(13)5(4-12)15-9/h5-9,12-14H,4,11H2,1-3H3/t5-,6-,7+,8-,9-/m1/s1. The highest BCUT2D eigenvalue weighted by Crippen LogP contribution is 2.31. The van der Waals surface area contributed by atoms with Crippen LogP contribution in [0.4, 0.5) is 0 Å². The molecular weight excluding hydrogens is 198 g/mol. The molecule has 0 aliphatic carbocycles. The zero-order valence-corrected chi connectivity index (χ0v) is 9.42. The maximum Gasteiger partial charge on any atom is 0.110 e. The lowest BCUT2D eigenvalue weighted by atomic mass is 9.79. The van der Waals surface area contributed by atoms with Crippen LogP contribution < -0.4 is 5.73 Å². The molecule has 5 heteroatoms. The summed E-state index contributed by atoms with van der Waals surface area (Å²) in [7, 11) is 0. The molecule has 0 aromatic carbocycles. The second kappa shape index (κ2) is 4.35. The minimum Gasteiger partial charge on any atom is -0.394 e. The van der Waals surface area contributed by atoms with E-state index in [-0.39, 0.29) is 18.1 Å². The first-order valence-corrected chi connectivity index (χ1v) is 5.17. The molecule has 1 aliphatic rings. The normalized spacial score (nSPS) is 43.0. The van der Waals surface area contributed by atoms with Crippen molar-refractivity contribution in [3.05, 3.63) is 0 Å². The van der Waals surface area contributed by atoms with Crippen LogP contribution in [-0.2, 0) is 4.74 Å². The molecule has 0 amide bonds. The Bertz CT molecular complexity index is 214. The quantitative estimate of drug-likeness (QED) is 0.446. The van der Waals surface area contributed by atoms with Gasteiger partial charge in [0.05, 0.1) is 18.8 Å². The van der Waals surface area contributed by atoms with E-state index < -0.39 is 24.4 Å². The van der Waals surface area contributed by atoms with Crippen molar-refractivity contribution in [3.8, 4) is 0 Å². The number of rotatable bonds is 1. The van der Waals surface area contributed by atoms with E-state index in [0.717, 1.165) is 0 Å². The van der Waals surface area contributed by atoms with Gasteiger partial charge in [-0.1, -0.05) is 20.8 Å². The SMILES string of the molecule is CC(C)(C)[C@@H]1O[C@H](CO)[C@H](O)[C@H](O)[C@H]1N. The van der Waals surface area contributed by atoms with Crippen LogP contribution in [-0.4, -0.2) is 52.4 Å². The third-order valence-electron chi connectivity index (χ3n) is 2.83. The maximum absolute atomic E-state index is 9.72. The van der Waals surface area contributed by atoms with E-state index in [1.807, 2.05) is 20.8 Å². The molecule has 1 saturated heterocycles. The Kier molecular flexibility index (Phi) is 3.73. The number of ether oxygens (including phenoxy) is 1. The summed E-state index contributed by atoms with van der Waals surface area (Å²) in [6.45, 7) is 5.50. The van der Waals surface area contributed by atoms with Gasteiger partial charge in [-0.25, -0.2) is 0 Å². The monoisotopic (exact) mass is 219 g/mol. The highest BCUT2D eigenvalue weighted by atomic mass is 16.5. The molecule has 5 nitrogen and oxygen atoms in total. The van der Waals surface area contributed by atoms with Crippen molar-refractivity contribution < 1.29 is 20.1 Å². The minimum atomic E-state index is -1.12. The largest absolute Gasteiger partial charge is 0.394 e. The Hall–Kier alpha value is -0.200. The predicted octanol–water partition coefficient (Wildman–Crippen LogP) is -1.16. The molecular formula is C10H21NO4. The van der Waals surface area contributed by atoms with Gasteiger partial charge < -0.3 is 25.8 Å². The Morgan fingerprint density at radius 2 is 1.73 bits per heavy atom. The topological polar surface area (TPSA) is 95.9 Å². The summed E-state index contributed by atoms with van der Waals surface area (Å²) in [5, 5.41) is 28.3. The molecule has 0 spiro atoms. The van der Waals surface area contributed by atoms with Gasteiger partial charge in [-0.15, -0.1) is 0 Å². The number of hydrogen-bond acceptors (Lipinski definition) is 5. The van der Waals surface area contributed by atoms with Gasteiger partial charge in [0.15, 0.2) is 0 Å². The summed E-state index contributed by atoms with van der Waals surface area (Å²) < 4.78 is 5.51. The first-order chi connectivity index (χ1) is 6.79. The van der Waals surface area contributed by atoms with E-state index in [9.17, 15) is 10.2 Å². The zero-order valence-electron chi connectivity index (χ0n) is 9.42. The van der Waals surface area contributed by atoms with E-state index in [1.165, 1.54) is 0 Å². The Morgan fingerprint density at radius 1 is 1.20 bits per heavy atom. The van der Waals surface area contributed by atoms with Crippen molar-refractivity contribution in [2.24, 2.45) is 11.1 Å². The van der Waals surface area contributed by atoms with E-state index in [1.54, 1.807) is 0 Å². The van der Waals surface area contributed by atoms with Crippen LogP contribution in [0.15, 0.2) is 0 Å². The van der Waals surface area contributed by atoms with Crippen LogP contribution in [0.2, 0.25) is 0 Å². The minimum absolute atomic E-state index is 0.242. The second-order valence-corrected chi connectivity index (χ2v) is 5.20. The third-order valence-corrected chi connectivity index (χ3v) is 2.83. The lowest BCUT2D eigenvalue weighted by Crippen LogP contribution is -2.64. The Balaban J connectivity index is 2.83. The highest BCUT2D eigenvalue weighted by Gasteiger charge is 2.46. The number of aliphatic hydroxyl groups excluding tert-OH is 3. The molecule has 90 valence electrons. The zero-order chi connectivity index (χ0) is 11.8. The van der Waals surface area contributed by atoms with Crippen molar-refractivity contribution in [2.45, 2.75) is 51.2 Å². The fourth-order valence-electron chi connectivity index (χ4n) is 1.92. The molecule has 5 atom stereocenters. The van der Waals surface area contributed by atoms with Gasteiger partial charge in [0.2, 0.25) is 0 Å². The van der Waals surface area contributed by atoms with Crippen LogP contribution in [0.25, 0.3) is 0 Å². The summed E-state index contributed by atoms with van der Waals surface area (Å²) in [4.78, 5) is 0. The second-order valence-electron chi connectivity index (χ2n) is 5.20. The number of nitrogens with two attached hydrogens (primary N) is 1. The first kappa shape index (κ1) is 12.9. The van der Waals surface area contributed by atoms with E-state index >= 15 is 0 Å². The van der Waals surface area contributed by atoms with E-state index in [0.29, 0.717) is 0 Å². The van der Waals surface area contributed by atoms with Gasteiger partial charge in [-0.05, 0) is 5.41 Å². The fourth-order valence-corrected chi connectivity index (χ4v) is 1.92. The third kappa shape index (κ3) is 2.49. The fraction of sp³-hybridized carbons (Fsp3) is 1.00. The van der Waals surface area contributed by atoms with Crippen LogP contribution in [0, 0.1) is 5.41 Å². The molecule has 0 radical (unpaired) electrons. The average molecular weight is 219 g/mol. The Morgan fingerprint density at radius 3 is 2.13 bits per heavy atom. The molecule has 15 heavy (non-hydrogen) atoms. The summed E-state index contributed by atoms with van der Waals surface area (Å²) in [6.07, 6.45) is -3.32. The van der Waals surface area contributed by atoms with Crippen LogP contribution >= 0.6 is 0 Å². The molecule has 0 aromatic heterocycles. The van der Waals surface area contributed by atoms with Crippen molar-refractivity contribution in [3.63, 3.8) is 0 Å². The maximum atomic E-state index is 9.72. The smallest absolute Gasteiger partial charge is 0.110 e. The van der Waals surface area contributed by atoms with Crippen molar-refractivity contribution in [1.82, 2.24) is 0 Å². The average Bonchev–Trinajstić information content (AvgIpc) is 2.13. The lowest BCUT2D eigenvalue weighted by molar-refractivity contribution is -0.211. The van der Waals surface area contributed by atoms with Gasteiger partial charge >= 0.3 is 0 Å². The van der Waals surface area contributed by atoms with Gasteiger partial charge in [0.1, 0.15) is 18.3 Å². The van der Waals surface area contributed by atoms with Gasteiger partial charge in [0.25, 0.3) is 0 Å². The molecule has 0 bridgehead atoms.